The summed E-state index contributed by atoms with van der Waals surface area (Å²) in [5, 5.41) is 3.30. The quantitative estimate of drug-likeness (QED) is 0.792. The van der Waals surface area contributed by atoms with Gasteiger partial charge in [0.2, 0.25) is 0 Å². The lowest BCUT2D eigenvalue weighted by molar-refractivity contribution is 0.586. The Morgan fingerprint density at radius 1 is 1.32 bits per heavy atom. The van der Waals surface area contributed by atoms with Crippen molar-refractivity contribution in [3.63, 3.8) is 0 Å². The standard InChI is InChI=1S/C13H11Cl3FNS/c1-18-10(8-6-11(14)19-13(8)16)5-7-3-2-4-9(17)12(7)15/h2-4,6,10,18H,5H2,1H3. The first kappa shape index (κ1) is 15.1. The molecule has 0 fully saturated rings. The Morgan fingerprint density at radius 2 is 2.05 bits per heavy atom. The van der Waals surface area contributed by atoms with Crippen molar-refractivity contribution < 1.29 is 4.39 Å². The van der Waals surface area contributed by atoms with E-state index in [-0.39, 0.29) is 11.1 Å². The van der Waals surface area contributed by atoms with Crippen molar-refractivity contribution in [2.24, 2.45) is 0 Å². The monoisotopic (exact) mass is 337 g/mol. The molecule has 0 aliphatic rings. The van der Waals surface area contributed by atoms with Crippen LogP contribution in [0, 0.1) is 5.82 Å². The summed E-state index contributed by atoms with van der Waals surface area (Å²) in [4.78, 5) is 0. The summed E-state index contributed by atoms with van der Waals surface area (Å²) in [6, 6.07) is 6.55. The fraction of sp³-hybridized carbons (Fsp3) is 0.231. The van der Waals surface area contributed by atoms with Crippen LogP contribution >= 0.6 is 46.1 Å². The van der Waals surface area contributed by atoms with Crippen LogP contribution in [0.5, 0.6) is 0 Å². The van der Waals surface area contributed by atoms with Gasteiger partial charge in [0.25, 0.3) is 0 Å². The average Bonchev–Trinajstić information content (AvgIpc) is 2.70. The highest BCUT2D eigenvalue weighted by Gasteiger charge is 2.18. The highest BCUT2D eigenvalue weighted by Crippen LogP contribution is 2.36. The predicted molar refractivity (Wildman–Crippen MR) is 81.3 cm³/mol. The van der Waals surface area contributed by atoms with E-state index in [9.17, 15) is 4.39 Å². The summed E-state index contributed by atoms with van der Waals surface area (Å²) < 4.78 is 14.7. The van der Waals surface area contributed by atoms with Crippen LogP contribution in [0.3, 0.4) is 0 Å². The maximum atomic E-state index is 13.4. The summed E-state index contributed by atoms with van der Waals surface area (Å²) in [7, 11) is 1.82. The zero-order chi connectivity index (χ0) is 14.0. The zero-order valence-corrected chi connectivity index (χ0v) is 13.1. The second-order valence-electron chi connectivity index (χ2n) is 4.04. The fourth-order valence-corrected chi connectivity index (χ4v) is 3.67. The maximum absolute atomic E-state index is 13.4. The van der Waals surface area contributed by atoms with E-state index in [1.807, 2.05) is 13.1 Å². The Kier molecular flexibility index (Phi) is 5.09. The molecule has 0 saturated heterocycles. The molecule has 0 radical (unpaired) electrons. The molecule has 102 valence electrons. The lowest BCUT2D eigenvalue weighted by atomic mass is 10.0. The molecule has 1 aromatic heterocycles. The second kappa shape index (κ2) is 6.42. The number of hydrogen-bond acceptors (Lipinski definition) is 2. The van der Waals surface area contributed by atoms with Crippen molar-refractivity contribution in [3.05, 3.63) is 54.9 Å². The molecule has 1 aromatic carbocycles. The first-order valence-corrected chi connectivity index (χ1v) is 7.53. The van der Waals surface area contributed by atoms with Gasteiger partial charge >= 0.3 is 0 Å². The van der Waals surface area contributed by atoms with Gasteiger partial charge in [0.15, 0.2) is 0 Å². The number of benzene rings is 1. The largest absolute Gasteiger partial charge is 0.313 e. The molecule has 0 amide bonds. The minimum Gasteiger partial charge on any atom is -0.313 e. The number of thiophene rings is 1. The van der Waals surface area contributed by atoms with Crippen molar-refractivity contribution in [2.45, 2.75) is 12.5 Å². The minimum absolute atomic E-state index is 0.0597. The lowest BCUT2D eigenvalue weighted by Gasteiger charge is -2.16. The Balaban J connectivity index is 2.29. The molecule has 1 unspecified atom stereocenters. The molecule has 1 nitrogen and oxygen atoms in total. The summed E-state index contributed by atoms with van der Waals surface area (Å²) in [6.45, 7) is 0. The van der Waals surface area contributed by atoms with Crippen LogP contribution in [0.25, 0.3) is 0 Å². The number of likely N-dealkylation sites (N-methyl/N-ethyl adjacent to an activating group) is 1. The van der Waals surface area contributed by atoms with E-state index in [4.69, 9.17) is 34.8 Å². The van der Waals surface area contributed by atoms with Crippen molar-refractivity contribution in [2.75, 3.05) is 7.05 Å². The van der Waals surface area contributed by atoms with Crippen molar-refractivity contribution >= 4 is 46.1 Å². The predicted octanol–water partition coefficient (Wildman–Crippen LogP) is 5.35. The van der Waals surface area contributed by atoms with Gasteiger partial charge in [-0.15, -0.1) is 11.3 Å². The highest BCUT2D eigenvalue weighted by atomic mass is 35.5. The number of nitrogens with one attached hydrogen (secondary N) is 1. The molecule has 2 aromatic rings. The maximum Gasteiger partial charge on any atom is 0.142 e. The molecule has 1 atom stereocenters. The first-order valence-electron chi connectivity index (χ1n) is 5.57. The summed E-state index contributed by atoms with van der Waals surface area (Å²) in [5.41, 5.74) is 1.64. The van der Waals surface area contributed by atoms with E-state index in [1.165, 1.54) is 17.4 Å². The van der Waals surface area contributed by atoms with Gasteiger partial charge in [0.1, 0.15) is 5.82 Å². The highest BCUT2D eigenvalue weighted by molar-refractivity contribution is 7.20. The topological polar surface area (TPSA) is 12.0 Å². The fourth-order valence-electron chi connectivity index (χ4n) is 1.88. The van der Waals surface area contributed by atoms with Gasteiger partial charge in [-0.05, 0) is 31.2 Å². The summed E-state index contributed by atoms with van der Waals surface area (Å²) in [5.74, 6) is -0.413. The molecule has 6 heteroatoms. The van der Waals surface area contributed by atoms with Crippen molar-refractivity contribution in [1.29, 1.82) is 0 Å². The summed E-state index contributed by atoms with van der Waals surface area (Å²) in [6.07, 6.45) is 0.542. The zero-order valence-electron chi connectivity index (χ0n) is 10.0. The molecule has 1 heterocycles. The van der Waals surface area contributed by atoms with Gasteiger partial charge in [-0.1, -0.05) is 46.9 Å². The van der Waals surface area contributed by atoms with E-state index in [0.29, 0.717) is 15.1 Å². The molecular formula is C13H11Cl3FNS. The molecular weight excluding hydrogens is 328 g/mol. The molecule has 2 rings (SSSR count). The van der Waals surface area contributed by atoms with E-state index in [0.717, 1.165) is 11.1 Å². The molecule has 0 aliphatic carbocycles. The van der Waals surface area contributed by atoms with Crippen molar-refractivity contribution in [3.8, 4) is 0 Å². The van der Waals surface area contributed by atoms with Crippen LogP contribution in [0.1, 0.15) is 17.2 Å². The van der Waals surface area contributed by atoms with Crippen molar-refractivity contribution in [1.82, 2.24) is 5.32 Å². The smallest absolute Gasteiger partial charge is 0.142 e. The third-order valence-corrected chi connectivity index (χ3v) is 4.80. The Labute approximate surface area is 130 Å². The molecule has 0 aliphatic heterocycles. The van der Waals surface area contributed by atoms with Crippen LogP contribution < -0.4 is 5.32 Å². The number of hydrogen-bond donors (Lipinski definition) is 1. The van der Waals surface area contributed by atoms with Crippen LogP contribution in [-0.2, 0) is 6.42 Å². The Morgan fingerprint density at radius 3 is 2.63 bits per heavy atom. The summed E-state index contributed by atoms with van der Waals surface area (Å²) >= 11 is 19.4. The van der Waals surface area contributed by atoms with Crippen LogP contribution in [0.15, 0.2) is 24.3 Å². The first-order chi connectivity index (χ1) is 9.02. The third kappa shape index (κ3) is 3.41. The van der Waals surface area contributed by atoms with Crippen LogP contribution in [-0.4, -0.2) is 7.05 Å². The number of rotatable bonds is 4. The molecule has 19 heavy (non-hydrogen) atoms. The van der Waals surface area contributed by atoms with Gasteiger partial charge in [0, 0.05) is 11.6 Å². The van der Waals surface area contributed by atoms with E-state index >= 15 is 0 Å². The van der Waals surface area contributed by atoms with Gasteiger partial charge in [-0.25, -0.2) is 4.39 Å². The SMILES string of the molecule is CNC(Cc1cccc(F)c1Cl)c1cc(Cl)sc1Cl. The van der Waals surface area contributed by atoms with E-state index in [2.05, 4.69) is 5.32 Å². The minimum atomic E-state index is -0.413. The lowest BCUT2D eigenvalue weighted by Crippen LogP contribution is -2.18. The molecule has 0 bridgehead atoms. The Bertz CT molecular complexity index is 585. The second-order valence-corrected chi connectivity index (χ2v) is 6.70. The van der Waals surface area contributed by atoms with Gasteiger partial charge < -0.3 is 5.32 Å². The molecule has 0 saturated carbocycles. The molecule has 0 spiro atoms. The van der Waals surface area contributed by atoms with Gasteiger partial charge in [-0.2, -0.15) is 0 Å². The van der Waals surface area contributed by atoms with E-state index < -0.39 is 5.82 Å². The molecule has 1 N–H and O–H groups in total. The average molecular weight is 339 g/mol. The number of halogens is 4. The van der Waals surface area contributed by atoms with Crippen LogP contribution in [0.4, 0.5) is 4.39 Å². The Hall–Kier alpha value is -0.320. The van der Waals surface area contributed by atoms with Gasteiger partial charge in [-0.3, -0.25) is 0 Å². The van der Waals surface area contributed by atoms with E-state index in [1.54, 1.807) is 12.1 Å². The third-order valence-electron chi connectivity index (χ3n) is 2.86. The van der Waals surface area contributed by atoms with Gasteiger partial charge in [0.05, 0.1) is 13.7 Å². The normalized spacial score (nSPS) is 12.7. The van der Waals surface area contributed by atoms with Crippen LogP contribution in [0.2, 0.25) is 13.7 Å².